The molecule has 4 heterocycles. The molecule has 1 aromatic rings. The minimum atomic E-state index is -0.518. The van der Waals surface area contributed by atoms with Crippen molar-refractivity contribution in [2.45, 2.75) is 25.7 Å². The van der Waals surface area contributed by atoms with Crippen molar-refractivity contribution in [2.24, 2.45) is 11.1 Å². The number of oxime groups is 1. The van der Waals surface area contributed by atoms with Crippen molar-refractivity contribution in [3.63, 3.8) is 0 Å². The third-order valence-electron chi connectivity index (χ3n) is 5.81. The maximum atomic E-state index is 13.4. The molecule has 0 aromatic heterocycles. The average molecular weight is 354 g/mol. The van der Waals surface area contributed by atoms with Crippen molar-refractivity contribution in [1.29, 1.82) is 0 Å². The number of ketones is 1. The monoisotopic (exact) mass is 354 g/mol. The van der Waals surface area contributed by atoms with Gasteiger partial charge < -0.3 is 20.0 Å². The van der Waals surface area contributed by atoms with Gasteiger partial charge in [-0.05, 0) is 37.8 Å². The van der Waals surface area contributed by atoms with Crippen LogP contribution in [0.2, 0.25) is 0 Å². The van der Waals surface area contributed by atoms with Crippen LogP contribution in [0.4, 0.5) is 11.4 Å². The summed E-state index contributed by atoms with van der Waals surface area (Å²) < 4.78 is 0. The second-order valence-electron chi connectivity index (χ2n) is 7.39. The van der Waals surface area contributed by atoms with Crippen molar-refractivity contribution in [3.05, 3.63) is 23.3 Å². The molecule has 4 aliphatic rings. The fourth-order valence-corrected chi connectivity index (χ4v) is 4.48. The lowest BCUT2D eigenvalue weighted by molar-refractivity contribution is 0.0882. The van der Waals surface area contributed by atoms with Gasteiger partial charge in [-0.3, -0.25) is 9.59 Å². The van der Waals surface area contributed by atoms with Crippen LogP contribution in [-0.4, -0.2) is 50.3 Å². The lowest BCUT2D eigenvalue weighted by Gasteiger charge is -2.30. The largest absolute Gasteiger partial charge is 0.393 e. The van der Waals surface area contributed by atoms with E-state index in [4.69, 9.17) is 4.84 Å². The third kappa shape index (κ3) is 2.29. The molecule has 26 heavy (non-hydrogen) atoms. The van der Waals surface area contributed by atoms with E-state index in [1.165, 1.54) is 0 Å². The van der Waals surface area contributed by atoms with Gasteiger partial charge in [0.1, 0.15) is 12.5 Å². The standard InChI is InChI=1S/C19H22N4O3/c24-17-13-11-26-21-18(13)20-19(25)12-5-6-14(22-7-1-2-8-22)16(15(12)17)23-9-3-4-10-23/h5-6,13H,1-4,7-11H2,(H,20,21,25). The molecule has 7 heteroatoms. The van der Waals surface area contributed by atoms with E-state index < -0.39 is 5.92 Å². The van der Waals surface area contributed by atoms with Gasteiger partial charge in [0.25, 0.3) is 5.91 Å². The molecule has 0 saturated carbocycles. The van der Waals surface area contributed by atoms with Crippen LogP contribution in [0, 0.1) is 5.92 Å². The fourth-order valence-electron chi connectivity index (χ4n) is 4.48. The molecule has 1 aromatic carbocycles. The topological polar surface area (TPSA) is 74.2 Å². The Balaban J connectivity index is 1.71. The second kappa shape index (κ2) is 6.00. The van der Waals surface area contributed by atoms with E-state index in [0.717, 1.165) is 63.2 Å². The number of benzene rings is 1. The Bertz CT molecular complexity index is 807. The van der Waals surface area contributed by atoms with Crippen LogP contribution < -0.4 is 15.1 Å². The van der Waals surface area contributed by atoms with Crippen LogP contribution >= 0.6 is 0 Å². The minimum Gasteiger partial charge on any atom is -0.393 e. The highest BCUT2D eigenvalue weighted by atomic mass is 16.6. The Morgan fingerprint density at radius 3 is 2.42 bits per heavy atom. The summed E-state index contributed by atoms with van der Waals surface area (Å²) in [6.07, 6.45) is 4.56. The van der Waals surface area contributed by atoms with Crippen LogP contribution in [0.25, 0.3) is 0 Å². The first-order chi connectivity index (χ1) is 12.7. The highest BCUT2D eigenvalue weighted by Gasteiger charge is 2.41. The van der Waals surface area contributed by atoms with Crippen LogP contribution in [-0.2, 0) is 4.84 Å². The van der Waals surface area contributed by atoms with E-state index in [2.05, 4.69) is 20.3 Å². The quantitative estimate of drug-likeness (QED) is 0.876. The molecule has 2 saturated heterocycles. The maximum Gasteiger partial charge on any atom is 0.257 e. The summed E-state index contributed by atoms with van der Waals surface area (Å²) in [6.45, 7) is 4.04. The van der Waals surface area contributed by atoms with E-state index in [1.54, 1.807) is 6.07 Å². The molecule has 1 atom stereocenters. The minimum absolute atomic E-state index is 0.0578. The van der Waals surface area contributed by atoms with Gasteiger partial charge in [0.15, 0.2) is 11.6 Å². The summed E-state index contributed by atoms with van der Waals surface area (Å²) in [6, 6.07) is 3.82. The van der Waals surface area contributed by atoms with E-state index in [-0.39, 0.29) is 18.3 Å². The van der Waals surface area contributed by atoms with E-state index in [9.17, 15) is 9.59 Å². The van der Waals surface area contributed by atoms with Gasteiger partial charge in [-0.1, -0.05) is 5.16 Å². The van der Waals surface area contributed by atoms with Crippen molar-refractivity contribution >= 4 is 28.9 Å². The van der Waals surface area contributed by atoms with Gasteiger partial charge >= 0.3 is 0 Å². The van der Waals surface area contributed by atoms with Crippen LogP contribution in [0.15, 0.2) is 17.3 Å². The number of carbonyl (C=O) groups is 2. The van der Waals surface area contributed by atoms with Gasteiger partial charge in [-0.15, -0.1) is 0 Å². The molecule has 0 spiro atoms. The van der Waals surface area contributed by atoms with Crippen LogP contribution in [0.5, 0.6) is 0 Å². The SMILES string of the molecule is O=C1NC2=NOCC2C(=O)c2c1ccc(N1CCCC1)c2N1CCCC1. The molecule has 4 aliphatic heterocycles. The Kier molecular flexibility index (Phi) is 3.62. The highest BCUT2D eigenvalue weighted by molar-refractivity contribution is 6.26. The van der Waals surface area contributed by atoms with E-state index in [0.29, 0.717) is 17.0 Å². The summed E-state index contributed by atoms with van der Waals surface area (Å²) in [5.41, 5.74) is 3.03. The Hall–Kier alpha value is -2.57. The van der Waals surface area contributed by atoms with Gasteiger partial charge in [0.2, 0.25) is 0 Å². The highest BCUT2D eigenvalue weighted by Crippen LogP contribution is 2.41. The molecule has 0 bridgehead atoms. The summed E-state index contributed by atoms with van der Waals surface area (Å²) in [7, 11) is 0. The zero-order valence-corrected chi connectivity index (χ0v) is 14.7. The van der Waals surface area contributed by atoms with Crippen molar-refractivity contribution in [1.82, 2.24) is 5.32 Å². The summed E-state index contributed by atoms with van der Waals surface area (Å²) >= 11 is 0. The molecule has 1 N–H and O–H groups in total. The van der Waals surface area contributed by atoms with Crippen molar-refractivity contribution < 1.29 is 14.4 Å². The first-order valence-electron chi connectivity index (χ1n) is 9.46. The summed E-state index contributed by atoms with van der Waals surface area (Å²) in [5.74, 6) is -0.507. The van der Waals surface area contributed by atoms with E-state index in [1.807, 2.05) is 6.07 Å². The molecule has 0 radical (unpaired) electrons. The zero-order valence-electron chi connectivity index (χ0n) is 14.7. The molecule has 5 rings (SSSR count). The normalized spacial score (nSPS) is 24.8. The predicted molar refractivity (Wildman–Crippen MR) is 98.0 cm³/mol. The number of Topliss-reactive ketones (excluding diaryl/α,β-unsaturated/α-hetero) is 1. The fraction of sp³-hybridized carbons (Fsp3) is 0.526. The number of carbonyl (C=O) groups excluding carboxylic acids is 2. The van der Waals surface area contributed by atoms with Gasteiger partial charge in [0.05, 0.1) is 22.5 Å². The summed E-state index contributed by atoms with van der Waals surface area (Å²) in [4.78, 5) is 35.9. The molecule has 136 valence electrons. The van der Waals surface area contributed by atoms with Gasteiger partial charge in [-0.2, -0.15) is 0 Å². The first-order valence-corrected chi connectivity index (χ1v) is 9.46. The molecule has 0 aliphatic carbocycles. The molecule has 1 unspecified atom stereocenters. The lowest BCUT2D eigenvalue weighted by atomic mass is 9.92. The number of amidine groups is 1. The maximum absolute atomic E-state index is 13.4. The molecule has 7 nitrogen and oxygen atoms in total. The summed E-state index contributed by atoms with van der Waals surface area (Å²) in [5, 5.41) is 6.64. The van der Waals surface area contributed by atoms with Gasteiger partial charge in [-0.25, -0.2) is 0 Å². The van der Waals surface area contributed by atoms with Crippen LogP contribution in [0.1, 0.15) is 46.4 Å². The number of rotatable bonds is 2. The van der Waals surface area contributed by atoms with Crippen LogP contribution in [0.3, 0.4) is 0 Å². The number of nitrogens with zero attached hydrogens (tertiary/aromatic N) is 3. The average Bonchev–Trinajstić information content (AvgIpc) is 3.40. The number of hydrogen-bond acceptors (Lipinski definition) is 6. The number of hydrogen-bond donors (Lipinski definition) is 1. The number of fused-ring (bicyclic) bond motifs is 2. The Morgan fingerprint density at radius 1 is 1.00 bits per heavy atom. The van der Waals surface area contributed by atoms with Gasteiger partial charge in [0, 0.05) is 26.2 Å². The smallest absolute Gasteiger partial charge is 0.257 e. The number of anilines is 2. The Morgan fingerprint density at radius 2 is 1.69 bits per heavy atom. The predicted octanol–water partition coefficient (Wildman–Crippen LogP) is 1.77. The number of nitrogens with one attached hydrogen (secondary N) is 1. The Labute approximate surface area is 152 Å². The lowest BCUT2D eigenvalue weighted by Crippen LogP contribution is -2.34. The van der Waals surface area contributed by atoms with E-state index >= 15 is 0 Å². The zero-order chi connectivity index (χ0) is 17.7. The molecular formula is C19H22N4O3. The van der Waals surface area contributed by atoms with Crippen molar-refractivity contribution in [2.75, 3.05) is 42.6 Å². The third-order valence-corrected chi connectivity index (χ3v) is 5.81. The van der Waals surface area contributed by atoms with Crippen molar-refractivity contribution in [3.8, 4) is 0 Å². The molecular weight excluding hydrogens is 332 g/mol. The molecule has 2 fully saturated rings. The first kappa shape index (κ1) is 15.7. The molecule has 1 amide bonds. The second-order valence-corrected chi connectivity index (χ2v) is 7.39. The number of amides is 1.